The van der Waals surface area contributed by atoms with E-state index in [0.29, 0.717) is 38.3 Å². The van der Waals surface area contributed by atoms with Gasteiger partial charge in [-0.3, -0.25) is 4.79 Å². The maximum Gasteiger partial charge on any atom is 0.306 e. The van der Waals surface area contributed by atoms with Crippen molar-refractivity contribution in [2.75, 3.05) is 13.6 Å². The molecule has 2 N–H and O–H groups in total. The van der Waals surface area contributed by atoms with Gasteiger partial charge in [0.05, 0.1) is 11.5 Å². The molecule has 0 aliphatic heterocycles. The Kier molecular flexibility index (Phi) is 3.97. The first-order chi connectivity index (χ1) is 8.41. The van der Waals surface area contributed by atoms with Gasteiger partial charge in [-0.2, -0.15) is 0 Å². The Labute approximate surface area is 109 Å². The van der Waals surface area contributed by atoms with Gasteiger partial charge >= 0.3 is 5.97 Å². The van der Waals surface area contributed by atoms with Crippen molar-refractivity contribution in [3.63, 3.8) is 0 Å². The lowest BCUT2D eigenvalue weighted by Gasteiger charge is -2.39. The van der Waals surface area contributed by atoms with Crippen molar-refractivity contribution in [2.45, 2.75) is 57.1 Å². The van der Waals surface area contributed by atoms with Gasteiger partial charge in [0, 0.05) is 12.6 Å². The molecular formula is C14H25NO3. The maximum atomic E-state index is 10.9. The van der Waals surface area contributed by atoms with Gasteiger partial charge in [0.25, 0.3) is 0 Å². The van der Waals surface area contributed by atoms with E-state index >= 15 is 0 Å². The Morgan fingerprint density at radius 3 is 2.33 bits per heavy atom. The zero-order chi connectivity index (χ0) is 13.3. The lowest BCUT2D eigenvalue weighted by molar-refractivity contribution is -0.145. The number of carbonyl (C=O) groups is 1. The van der Waals surface area contributed by atoms with Crippen LogP contribution < -0.4 is 0 Å². The first kappa shape index (κ1) is 13.8. The molecule has 0 bridgehead atoms. The summed E-state index contributed by atoms with van der Waals surface area (Å²) in [6.07, 6.45) is 5.07. The van der Waals surface area contributed by atoms with E-state index in [9.17, 15) is 9.90 Å². The Bertz CT molecular complexity index is 306. The van der Waals surface area contributed by atoms with Gasteiger partial charge in [-0.15, -0.1) is 0 Å². The minimum Gasteiger partial charge on any atom is -0.481 e. The molecular weight excluding hydrogens is 230 g/mol. The number of carboxylic acid groups (broad SMARTS) is 1. The summed E-state index contributed by atoms with van der Waals surface area (Å²) >= 11 is 0. The summed E-state index contributed by atoms with van der Waals surface area (Å²) in [6, 6.07) is 0.534. The molecule has 0 aromatic rings. The molecule has 0 saturated heterocycles. The molecule has 1 atom stereocenters. The Hall–Kier alpha value is -0.610. The SMILES string of the molecule is CC(C1CC1)N(C)CC1(O)CCC(C(=O)O)CC1. The van der Waals surface area contributed by atoms with Crippen molar-refractivity contribution in [1.82, 2.24) is 4.90 Å². The summed E-state index contributed by atoms with van der Waals surface area (Å²) in [5, 5.41) is 19.5. The lowest BCUT2D eigenvalue weighted by atomic mass is 9.78. The summed E-state index contributed by atoms with van der Waals surface area (Å²) in [5.74, 6) is -0.165. The molecule has 4 heteroatoms. The first-order valence-corrected chi connectivity index (χ1v) is 7.07. The minimum absolute atomic E-state index is 0.253. The van der Waals surface area contributed by atoms with Crippen molar-refractivity contribution < 1.29 is 15.0 Å². The fraction of sp³-hybridized carbons (Fsp3) is 0.929. The van der Waals surface area contributed by atoms with Gasteiger partial charge in [0.1, 0.15) is 0 Å². The Morgan fingerprint density at radius 1 is 1.33 bits per heavy atom. The number of rotatable bonds is 5. The summed E-state index contributed by atoms with van der Waals surface area (Å²) in [5.41, 5.74) is -0.677. The van der Waals surface area contributed by atoms with E-state index in [1.165, 1.54) is 12.8 Å². The van der Waals surface area contributed by atoms with E-state index < -0.39 is 11.6 Å². The van der Waals surface area contributed by atoms with Crippen molar-refractivity contribution in [2.24, 2.45) is 11.8 Å². The third-order valence-corrected chi connectivity index (χ3v) is 4.81. The molecule has 0 aromatic heterocycles. The van der Waals surface area contributed by atoms with Gasteiger partial charge < -0.3 is 15.1 Å². The van der Waals surface area contributed by atoms with Crippen LogP contribution >= 0.6 is 0 Å². The van der Waals surface area contributed by atoms with Crippen LogP contribution in [0.3, 0.4) is 0 Å². The van der Waals surface area contributed by atoms with Crippen LogP contribution in [0.2, 0.25) is 0 Å². The monoisotopic (exact) mass is 255 g/mol. The van der Waals surface area contributed by atoms with Crippen molar-refractivity contribution in [3.05, 3.63) is 0 Å². The quantitative estimate of drug-likeness (QED) is 0.785. The van der Waals surface area contributed by atoms with Crippen LogP contribution in [0.4, 0.5) is 0 Å². The number of aliphatic carboxylic acids is 1. The average Bonchev–Trinajstić information content (AvgIpc) is 3.11. The molecule has 0 heterocycles. The highest BCUT2D eigenvalue weighted by Crippen LogP contribution is 2.37. The van der Waals surface area contributed by atoms with Crippen LogP contribution in [0.1, 0.15) is 45.4 Å². The van der Waals surface area contributed by atoms with E-state index in [4.69, 9.17) is 5.11 Å². The van der Waals surface area contributed by atoms with Crippen LogP contribution in [0.15, 0.2) is 0 Å². The Balaban J connectivity index is 1.83. The van der Waals surface area contributed by atoms with Gasteiger partial charge in [0.15, 0.2) is 0 Å². The van der Waals surface area contributed by atoms with Crippen molar-refractivity contribution >= 4 is 5.97 Å². The number of nitrogens with zero attached hydrogens (tertiary/aromatic N) is 1. The van der Waals surface area contributed by atoms with E-state index in [0.717, 1.165) is 5.92 Å². The fourth-order valence-electron chi connectivity index (χ4n) is 3.11. The second-order valence-electron chi connectivity index (χ2n) is 6.33. The number of carboxylic acids is 1. The predicted octanol–water partition coefficient (Wildman–Crippen LogP) is 1.72. The minimum atomic E-state index is -0.711. The molecule has 2 rings (SSSR count). The first-order valence-electron chi connectivity index (χ1n) is 7.07. The van der Waals surface area contributed by atoms with Gasteiger partial charge in [-0.25, -0.2) is 0 Å². The highest BCUT2D eigenvalue weighted by Gasteiger charge is 2.39. The van der Waals surface area contributed by atoms with Crippen LogP contribution in [0.5, 0.6) is 0 Å². The summed E-state index contributed by atoms with van der Waals surface area (Å²) < 4.78 is 0. The molecule has 4 nitrogen and oxygen atoms in total. The van der Waals surface area contributed by atoms with Crippen LogP contribution in [0.25, 0.3) is 0 Å². The molecule has 1 unspecified atom stereocenters. The molecule has 104 valence electrons. The maximum absolute atomic E-state index is 10.9. The topological polar surface area (TPSA) is 60.8 Å². The average molecular weight is 255 g/mol. The van der Waals surface area contributed by atoms with E-state index in [1.807, 2.05) is 0 Å². The molecule has 0 spiro atoms. The molecule has 0 aromatic carbocycles. The number of aliphatic hydroxyl groups is 1. The number of hydrogen-bond acceptors (Lipinski definition) is 3. The van der Waals surface area contributed by atoms with E-state index in [2.05, 4.69) is 18.9 Å². The third-order valence-electron chi connectivity index (χ3n) is 4.81. The predicted molar refractivity (Wildman–Crippen MR) is 69.4 cm³/mol. The van der Waals surface area contributed by atoms with Gasteiger partial charge in [-0.05, 0) is 58.4 Å². The zero-order valence-corrected chi connectivity index (χ0v) is 11.4. The molecule has 18 heavy (non-hydrogen) atoms. The number of likely N-dealkylation sites (N-methyl/N-ethyl adjacent to an activating group) is 1. The second-order valence-corrected chi connectivity index (χ2v) is 6.33. The molecule has 0 amide bonds. The lowest BCUT2D eigenvalue weighted by Crippen LogP contribution is -2.47. The number of hydrogen-bond donors (Lipinski definition) is 2. The molecule has 2 aliphatic rings. The fourth-order valence-corrected chi connectivity index (χ4v) is 3.11. The summed E-state index contributed by atoms with van der Waals surface area (Å²) in [6.45, 7) is 2.90. The van der Waals surface area contributed by atoms with Crippen molar-refractivity contribution in [1.29, 1.82) is 0 Å². The van der Waals surface area contributed by atoms with E-state index in [1.54, 1.807) is 0 Å². The third kappa shape index (κ3) is 3.23. The normalized spacial score (nSPS) is 34.6. The molecule has 2 aliphatic carbocycles. The standard InChI is InChI=1S/C14H25NO3/c1-10(11-3-4-11)15(2)9-14(18)7-5-12(6-8-14)13(16)17/h10-12,18H,3-9H2,1-2H3,(H,16,17). The highest BCUT2D eigenvalue weighted by atomic mass is 16.4. The molecule has 2 fully saturated rings. The van der Waals surface area contributed by atoms with Crippen molar-refractivity contribution in [3.8, 4) is 0 Å². The van der Waals surface area contributed by atoms with E-state index in [-0.39, 0.29) is 5.92 Å². The van der Waals surface area contributed by atoms with Crippen LogP contribution in [0, 0.1) is 11.8 Å². The van der Waals surface area contributed by atoms with Crippen LogP contribution in [-0.2, 0) is 4.79 Å². The van der Waals surface area contributed by atoms with Gasteiger partial charge in [-0.1, -0.05) is 0 Å². The van der Waals surface area contributed by atoms with Gasteiger partial charge in [0.2, 0.25) is 0 Å². The second kappa shape index (κ2) is 5.17. The smallest absolute Gasteiger partial charge is 0.306 e. The molecule has 2 saturated carbocycles. The molecule has 0 radical (unpaired) electrons. The van der Waals surface area contributed by atoms with Crippen LogP contribution in [-0.4, -0.2) is 46.3 Å². The summed E-state index contributed by atoms with van der Waals surface area (Å²) in [7, 11) is 2.07. The zero-order valence-electron chi connectivity index (χ0n) is 11.4. The summed E-state index contributed by atoms with van der Waals surface area (Å²) in [4.78, 5) is 13.2. The largest absolute Gasteiger partial charge is 0.481 e. The Morgan fingerprint density at radius 2 is 1.89 bits per heavy atom. The highest BCUT2D eigenvalue weighted by molar-refractivity contribution is 5.70.